The summed E-state index contributed by atoms with van der Waals surface area (Å²) in [6.07, 6.45) is 2.46. The Kier molecular flexibility index (Phi) is 4.70. The molecule has 0 aromatic carbocycles. The summed E-state index contributed by atoms with van der Waals surface area (Å²) in [7, 11) is 1.67. The molecule has 1 aliphatic rings. The normalized spacial score (nSPS) is 21.6. The van der Waals surface area contributed by atoms with Crippen LogP contribution in [0.5, 0.6) is 0 Å². The minimum atomic E-state index is -0.0270. The number of nitrogens with zero attached hydrogens (tertiary/aromatic N) is 2. The molecular formula is C11H20N4OS. The van der Waals surface area contributed by atoms with Gasteiger partial charge in [-0.2, -0.15) is 4.37 Å². The molecule has 1 aliphatic heterocycles. The predicted molar refractivity (Wildman–Crippen MR) is 69.4 cm³/mol. The molecule has 1 aromatic rings. The molecule has 1 aromatic heterocycles. The van der Waals surface area contributed by atoms with Crippen LogP contribution in [-0.2, 0) is 4.74 Å². The number of nitrogens with one attached hydrogen (secondary N) is 2. The van der Waals surface area contributed by atoms with E-state index in [9.17, 15) is 0 Å². The predicted octanol–water partition coefficient (Wildman–Crippen LogP) is 1.66. The van der Waals surface area contributed by atoms with Crippen LogP contribution in [0.2, 0.25) is 0 Å². The van der Waals surface area contributed by atoms with E-state index in [2.05, 4.69) is 20.0 Å². The Hall–Kier alpha value is -0.720. The van der Waals surface area contributed by atoms with Gasteiger partial charge in [-0.1, -0.05) is 0 Å². The summed E-state index contributed by atoms with van der Waals surface area (Å²) >= 11 is 1.41. The number of aromatic nitrogens is 2. The average molecular weight is 256 g/mol. The molecule has 0 saturated carbocycles. The van der Waals surface area contributed by atoms with E-state index in [4.69, 9.17) is 4.74 Å². The van der Waals surface area contributed by atoms with Crippen LogP contribution in [0.4, 0.5) is 5.13 Å². The summed E-state index contributed by atoms with van der Waals surface area (Å²) in [5.41, 5.74) is 0. The Bertz CT molecular complexity index is 338. The second-order valence-electron chi connectivity index (χ2n) is 4.41. The lowest BCUT2D eigenvalue weighted by Gasteiger charge is -2.07. The summed E-state index contributed by atoms with van der Waals surface area (Å²) in [5.74, 6) is 1.58. The highest BCUT2D eigenvalue weighted by atomic mass is 32.1. The first-order chi connectivity index (χ1) is 8.29. The van der Waals surface area contributed by atoms with E-state index >= 15 is 0 Å². The van der Waals surface area contributed by atoms with Gasteiger partial charge in [0.2, 0.25) is 5.13 Å². The minimum Gasteiger partial charge on any atom is -0.374 e. The van der Waals surface area contributed by atoms with Gasteiger partial charge in [-0.3, -0.25) is 0 Å². The van der Waals surface area contributed by atoms with Gasteiger partial charge < -0.3 is 15.4 Å². The lowest BCUT2D eigenvalue weighted by atomic mass is 10.1. The van der Waals surface area contributed by atoms with Crippen LogP contribution in [0.1, 0.15) is 31.7 Å². The second-order valence-corrected chi connectivity index (χ2v) is 5.16. The molecule has 0 bridgehead atoms. The third-order valence-electron chi connectivity index (χ3n) is 3.15. The van der Waals surface area contributed by atoms with E-state index in [0.29, 0.717) is 0 Å². The van der Waals surface area contributed by atoms with Gasteiger partial charge in [-0.05, 0) is 38.8 Å². The summed E-state index contributed by atoms with van der Waals surface area (Å²) < 4.78 is 9.45. The molecule has 5 nitrogen and oxygen atoms in total. The van der Waals surface area contributed by atoms with Gasteiger partial charge in [0.25, 0.3) is 0 Å². The van der Waals surface area contributed by atoms with E-state index in [1.54, 1.807) is 7.11 Å². The standard InChI is InChI=1S/C11H20N4OS/c1-8(16-2)10-14-11(17-15-10)13-6-4-9-3-5-12-7-9/h8-9,12H,3-7H2,1-2H3,(H,13,14,15). The molecule has 0 spiro atoms. The van der Waals surface area contributed by atoms with E-state index in [1.807, 2.05) is 6.92 Å². The third kappa shape index (κ3) is 3.62. The molecular weight excluding hydrogens is 236 g/mol. The van der Waals surface area contributed by atoms with E-state index in [0.717, 1.165) is 30.0 Å². The van der Waals surface area contributed by atoms with Crippen molar-refractivity contribution >= 4 is 16.7 Å². The smallest absolute Gasteiger partial charge is 0.202 e. The van der Waals surface area contributed by atoms with Crippen LogP contribution in [0.3, 0.4) is 0 Å². The van der Waals surface area contributed by atoms with E-state index < -0.39 is 0 Å². The molecule has 2 N–H and O–H groups in total. The Morgan fingerprint density at radius 1 is 1.65 bits per heavy atom. The van der Waals surface area contributed by atoms with Gasteiger partial charge in [0, 0.05) is 25.2 Å². The van der Waals surface area contributed by atoms with Crippen LogP contribution in [0.25, 0.3) is 0 Å². The maximum absolute atomic E-state index is 5.18. The summed E-state index contributed by atoms with van der Waals surface area (Å²) in [4.78, 5) is 4.40. The first kappa shape index (κ1) is 12.7. The Morgan fingerprint density at radius 2 is 2.53 bits per heavy atom. The molecule has 0 amide bonds. The second kappa shape index (κ2) is 6.28. The van der Waals surface area contributed by atoms with Crippen LogP contribution in [-0.4, -0.2) is 36.1 Å². The maximum Gasteiger partial charge on any atom is 0.202 e. The van der Waals surface area contributed by atoms with Crippen molar-refractivity contribution in [3.63, 3.8) is 0 Å². The summed E-state index contributed by atoms with van der Waals surface area (Å²) in [6.45, 7) is 5.25. The zero-order valence-electron chi connectivity index (χ0n) is 10.4. The molecule has 1 fully saturated rings. The summed E-state index contributed by atoms with van der Waals surface area (Å²) in [5, 5.41) is 7.61. The highest BCUT2D eigenvalue weighted by Gasteiger charge is 2.14. The number of methoxy groups -OCH3 is 1. The van der Waals surface area contributed by atoms with Gasteiger partial charge in [-0.15, -0.1) is 0 Å². The fourth-order valence-electron chi connectivity index (χ4n) is 1.92. The molecule has 2 unspecified atom stereocenters. The molecule has 2 atom stereocenters. The molecule has 17 heavy (non-hydrogen) atoms. The number of rotatable bonds is 6. The zero-order chi connectivity index (χ0) is 12.1. The van der Waals surface area contributed by atoms with Crippen molar-refractivity contribution in [2.24, 2.45) is 5.92 Å². The molecule has 2 rings (SSSR count). The molecule has 6 heteroatoms. The number of anilines is 1. The van der Waals surface area contributed by atoms with Crippen molar-refractivity contribution in [3.8, 4) is 0 Å². The topological polar surface area (TPSA) is 59.1 Å². The van der Waals surface area contributed by atoms with Crippen molar-refractivity contribution in [2.45, 2.75) is 25.9 Å². The Balaban J connectivity index is 1.73. The monoisotopic (exact) mass is 256 g/mol. The van der Waals surface area contributed by atoms with Crippen molar-refractivity contribution in [3.05, 3.63) is 5.82 Å². The number of hydrogen-bond donors (Lipinski definition) is 2. The molecule has 1 saturated heterocycles. The van der Waals surface area contributed by atoms with Crippen LogP contribution in [0.15, 0.2) is 0 Å². The van der Waals surface area contributed by atoms with Crippen molar-refractivity contribution in [1.82, 2.24) is 14.7 Å². The van der Waals surface area contributed by atoms with Crippen molar-refractivity contribution in [2.75, 3.05) is 32.1 Å². The van der Waals surface area contributed by atoms with E-state index in [1.165, 1.54) is 30.9 Å². The molecule has 2 heterocycles. The lowest BCUT2D eigenvalue weighted by molar-refractivity contribution is 0.113. The highest BCUT2D eigenvalue weighted by molar-refractivity contribution is 7.09. The fraction of sp³-hybridized carbons (Fsp3) is 0.818. The average Bonchev–Trinajstić information content (AvgIpc) is 2.99. The minimum absolute atomic E-state index is 0.0270. The van der Waals surface area contributed by atoms with Gasteiger partial charge in [0.05, 0.1) is 0 Å². The number of ether oxygens (including phenoxy) is 1. The van der Waals surface area contributed by atoms with Crippen molar-refractivity contribution < 1.29 is 4.74 Å². The molecule has 0 aliphatic carbocycles. The van der Waals surface area contributed by atoms with Crippen LogP contribution >= 0.6 is 11.5 Å². The zero-order valence-corrected chi connectivity index (χ0v) is 11.2. The van der Waals surface area contributed by atoms with Gasteiger partial charge in [-0.25, -0.2) is 4.98 Å². The Labute approximate surface area is 106 Å². The third-order valence-corrected chi connectivity index (χ3v) is 3.84. The van der Waals surface area contributed by atoms with Crippen LogP contribution in [0, 0.1) is 5.92 Å². The lowest BCUT2D eigenvalue weighted by Crippen LogP contribution is -2.12. The van der Waals surface area contributed by atoms with Gasteiger partial charge in [0.15, 0.2) is 5.82 Å². The molecule has 0 radical (unpaired) electrons. The largest absolute Gasteiger partial charge is 0.374 e. The fourth-order valence-corrected chi connectivity index (χ4v) is 2.59. The van der Waals surface area contributed by atoms with Crippen LogP contribution < -0.4 is 10.6 Å². The van der Waals surface area contributed by atoms with Gasteiger partial charge >= 0.3 is 0 Å². The first-order valence-corrected chi connectivity index (χ1v) is 6.88. The Morgan fingerprint density at radius 3 is 3.24 bits per heavy atom. The summed E-state index contributed by atoms with van der Waals surface area (Å²) in [6, 6.07) is 0. The SMILES string of the molecule is COC(C)c1nsc(NCCC2CCNC2)n1. The van der Waals surface area contributed by atoms with E-state index in [-0.39, 0.29) is 6.10 Å². The quantitative estimate of drug-likeness (QED) is 0.810. The highest BCUT2D eigenvalue weighted by Crippen LogP contribution is 2.19. The van der Waals surface area contributed by atoms with Crippen molar-refractivity contribution in [1.29, 1.82) is 0 Å². The molecule has 96 valence electrons. The van der Waals surface area contributed by atoms with Gasteiger partial charge in [0.1, 0.15) is 6.10 Å². The number of hydrogen-bond acceptors (Lipinski definition) is 6. The first-order valence-electron chi connectivity index (χ1n) is 6.10. The maximum atomic E-state index is 5.18.